The second-order valence-corrected chi connectivity index (χ2v) is 8.13. The summed E-state index contributed by atoms with van der Waals surface area (Å²) in [5, 5.41) is 13.1. The number of hydrogen-bond donors (Lipinski definition) is 3. The van der Waals surface area contributed by atoms with Crippen molar-refractivity contribution < 1.29 is 18.0 Å². The minimum absolute atomic E-state index is 0.0227. The van der Waals surface area contributed by atoms with Gasteiger partial charge in [0.1, 0.15) is 5.82 Å². The molecule has 4 rings (SSSR count). The molecule has 0 radical (unpaired) electrons. The third-order valence-electron chi connectivity index (χ3n) is 4.80. The minimum atomic E-state index is -1.17. The third kappa shape index (κ3) is 6.20. The molecule has 0 saturated heterocycles. The van der Waals surface area contributed by atoms with Gasteiger partial charge in [0.15, 0.2) is 17.5 Å². The van der Waals surface area contributed by atoms with Crippen molar-refractivity contribution in [3.05, 3.63) is 105 Å². The summed E-state index contributed by atoms with van der Waals surface area (Å²) in [5.74, 6) is -3.24. The monoisotopic (exact) mass is 517 g/mol. The van der Waals surface area contributed by atoms with E-state index in [4.69, 9.17) is 23.2 Å². The van der Waals surface area contributed by atoms with E-state index in [1.807, 2.05) is 6.07 Å². The Morgan fingerprint density at radius 2 is 1.80 bits per heavy atom. The first-order chi connectivity index (χ1) is 16.8. The van der Waals surface area contributed by atoms with Gasteiger partial charge in [0.25, 0.3) is 5.91 Å². The molecule has 0 aliphatic heterocycles. The number of nitrogens with one attached hydrogen (secondary N) is 3. The lowest BCUT2D eigenvalue weighted by Crippen LogP contribution is -2.36. The quantitative estimate of drug-likeness (QED) is 0.218. The van der Waals surface area contributed by atoms with Gasteiger partial charge in [0.2, 0.25) is 5.96 Å². The fourth-order valence-corrected chi connectivity index (χ4v) is 3.47. The molecular weight excluding hydrogens is 502 g/mol. The molecule has 0 fully saturated rings. The number of H-pyrrole nitrogens is 1. The van der Waals surface area contributed by atoms with Crippen LogP contribution in [0.3, 0.4) is 0 Å². The molecular formula is C24H16Cl2F3N5O. The number of nitrogens with zero attached hydrogens (tertiary/aromatic N) is 2. The number of aromatic nitrogens is 2. The Bertz CT molecular complexity index is 1420. The maximum Gasteiger partial charge on any atom is 0.258 e. The lowest BCUT2D eigenvalue weighted by Gasteiger charge is -2.11. The van der Waals surface area contributed by atoms with E-state index >= 15 is 0 Å². The minimum Gasteiger partial charge on any atom is -0.309 e. The van der Waals surface area contributed by atoms with Crippen molar-refractivity contribution in [1.82, 2.24) is 15.5 Å². The van der Waals surface area contributed by atoms with Crippen LogP contribution in [-0.4, -0.2) is 22.1 Å². The van der Waals surface area contributed by atoms with Gasteiger partial charge in [-0.05, 0) is 48.0 Å². The predicted molar refractivity (Wildman–Crippen MR) is 129 cm³/mol. The predicted octanol–water partition coefficient (Wildman–Crippen LogP) is 6.20. The number of aromatic amines is 1. The topological polar surface area (TPSA) is 82.2 Å². The largest absolute Gasteiger partial charge is 0.309 e. The Morgan fingerprint density at radius 1 is 0.971 bits per heavy atom. The van der Waals surface area contributed by atoms with Gasteiger partial charge in [-0.3, -0.25) is 15.2 Å². The molecule has 1 aromatic heterocycles. The van der Waals surface area contributed by atoms with Crippen LogP contribution < -0.4 is 10.6 Å². The van der Waals surface area contributed by atoms with E-state index < -0.39 is 23.4 Å². The summed E-state index contributed by atoms with van der Waals surface area (Å²) in [6.07, 6.45) is 0. The average Bonchev–Trinajstić information content (AvgIpc) is 3.28. The Morgan fingerprint density at radius 3 is 2.54 bits per heavy atom. The first kappa shape index (κ1) is 24.3. The van der Waals surface area contributed by atoms with E-state index in [0.717, 1.165) is 29.8 Å². The van der Waals surface area contributed by atoms with Crippen molar-refractivity contribution in [3.63, 3.8) is 0 Å². The first-order valence-corrected chi connectivity index (χ1v) is 10.9. The van der Waals surface area contributed by atoms with Gasteiger partial charge in [-0.1, -0.05) is 41.4 Å². The van der Waals surface area contributed by atoms with Gasteiger partial charge < -0.3 is 5.32 Å². The summed E-state index contributed by atoms with van der Waals surface area (Å²) in [6, 6.07) is 15.3. The molecule has 0 aliphatic carbocycles. The molecule has 35 heavy (non-hydrogen) atoms. The number of aliphatic imine (C=N–C) groups is 1. The fourth-order valence-electron chi connectivity index (χ4n) is 3.05. The molecule has 178 valence electrons. The number of carbonyl (C=O) groups is 1. The van der Waals surface area contributed by atoms with Gasteiger partial charge in [0, 0.05) is 27.2 Å². The maximum atomic E-state index is 13.6. The standard InChI is InChI=1S/C24H16Cl2F3N5O/c25-16-3-1-2-13(8-16)21-11-22(34-33-21)31-24(30-12-15-4-6-17(27)10-18(15)26)32-23(35)14-5-7-19(28)20(29)9-14/h1-11H,12H2,(H3,30,31,32,33,34,35). The van der Waals surface area contributed by atoms with Crippen LogP contribution in [-0.2, 0) is 6.54 Å². The van der Waals surface area contributed by atoms with Crippen LogP contribution in [0.15, 0.2) is 71.7 Å². The number of carbonyl (C=O) groups excluding carboxylic acids is 1. The van der Waals surface area contributed by atoms with E-state index in [9.17, 15) is 18.0 Å². The van der Waals surface area contributed by atoms with E-state index in [1.54, 1.807) is 24.3 Å². The molecule has 0 aliphatic rings. The molecule has 3 aromatic carbocycles. The number of guanidine groups is 1. The Kier molecular flexibility index (Phi) is 7.38. The summed E-state index contributed by atoms with van der Waals surface area (Å²) in [4.78, 5) is 17.0. The third-order valence-corrected chi connectivity index (χ3v) is 5.38. The first-order valence-electron chi connectivity index (χ1n) is 10.1. The molecule has 0 saturated carbocycles. The molecule has 0 unspecified atom stereocenters. The molecule has 0 atom stereocenters. The zero-order chi connectivity index (χ0) is 24.9. The van der Waals surface area contributed by atoms with Crippen molar-refractivity contribution in [2.75, 3.05) is 5.32 Å². The van der Waals surface area contributed by atoms with Crippen molar-refractivity contribution in [3.8, 4) is 11.3 Å². The zero-order valence-corrected chi connectivity index (χ0v) is 19.3. The van der Waals surface area contributed by atoms with E-state index in [-0.39, 0.29) is 23.1 Å². The molecule has 0 bridgehead atoms. The molecule has 1 heterocycles. The molecule has 11 heteroatoms. The van der Waals surface area contributed by atoms with Crippen LogP contribution >= 0.6 is 23.2 Å². The van der Waals surface area contributed by atoms with Crippen LogP contribution in [0.4, 0.5) is 19.0 Å². The van der Waals surface area contributed by atoms with Crippen LogP contribution in [0.5, 0.6) is 0 Å². The number of anilines is 1. The SMILES string of the molecule is O=C(NC(=NCc1ccc(F)cc1Cl)Nc1cc(-c2cccc(Cl)c2)[nH]n1)c1ccc(F)c(F)c1. The van der Waals surface area contributed by atoms with Crippen LogP contribution in [0.1, 0.15) is 15.9 Å². The Hall–Kier alpha value is -3.82. The summed E-state index contributed by atoms with van der Waals surface area (Å²) < 4.78 is 40.2. The number of amides is 1. The average molecular weight is 518 g/mol. The van der Waals surface area contributed by atoms with Gasteiger partial charge in [-0.2, -0.15) is 5.10 Å². The van der Waals surface area contributed by atoms with Gasteiger partial charge >= 0.3 is 0 Å². The molecule has 0 spiro atoms. The number of hydrogen-bond acceptors (Lipinski definition) is 3. The summed E-state index contributed by atoms with van der Waals surface area (Å²) in [5.41, 5.74) is 1.79. The number of rotatable bonds is 5. The van der Waals surface area contributed by atoms with E-state index in [1.165, 1.54) is 12.1 Å². The lowest BCUT2D eigenvalue weighted by atomic mass is 10.1. The molecule has 3 N–H and O–H groups in total. The molecule has 1 amide bonds. The summed E-state index contributed by atoms with van der Waals surface area (Å²) in [7, 11) is 0. The van der Waals surface area contributed by atoms with Crippen LogP contribution in [0, 0.1) is 17.5 Å². The number of halogens is 5. The van der Waals surface area contributed by atoms with Crippen molar-refractivity contribution in [2.24, 2.45) is 4.99 Å². The van der Waals surface area contributed by atoms with Crippen molar-refractivity contribution in [1.29, 1.82) is 0 Å². The Balaban J connectivity index is 1.59. The molecule has 4 aromatic rings. The van der Waals surface area contributed by atoms with Gasteiger partial charge in [-0.25, -0.2) is 18.2 Å². The molecule has 6 nitrogen and oxygen atoms in total. The lowest BCUT2D eigenvalue weighted by molar-refractivity contribution is 0.0976. The van der Waals surface area contributed by atoms with Crippen LogP contribution in [0.25, 0.3) is 11.3 Å². The zero-order valence-electron chi connectivity index (χ0n) is 17.8. The van der Waals surface area contributed by atoms with E-state index in [0.29, 0.717) is 22.1 Å². The van der Waals surface area contributed by atoms with E-state index in [2.05, 4.69) is 25.8 Å². The van der Waals surface area contributed by atoms with Gasteiger partial charge in [-0.15, -0.1) is 0 Å². The normalized spacial score (nSPS) is 11.4. The fraction of sp³-hybridized carbons (Fsp3) is 0.0417. The highest BCUT2D eigenvalue weighted by atomic mass is 35.5. The van der Waals surface area contributed by atoms with Crippen molar-refractivity contribution >= 4 is 40.9 Å². The highest BCUT2D eigenvalue weighted by molar-refractivity contribution is 6.31. The smallest absolute Gasteiger partial charge is 0.258 e. The summed E-state index contributed by atoms with van der Waals surface area (Å²) >= 11 is 12.1. The van der Waals surface area contributed by atoms with Crippen LogP contribution in [0.2, 0.25) is 10.0 Å². The Labute approximate surface area is 207 Å². The highest BCUT2D eigenvalue weighted by Crippen LogP contribution is 2.23. The summed E-state index contributed by atoms with van der Waals surface area (Å²) in [6.45, 7) is -0.0227. The second-order valence-electron chi connectivity index (χ2n) is 7.29. The number of benzene rings is 3. The second kappa shape index (κ2) is 10.6. The highest BCUT2D eigenvalue weighted by Gasteiger charge is 2.14. The van der Waals surface area contributed by atoms with Crippen molar-refractivity contribution in [2.45, 2.75) is 6.54 Å². The van der Waals surface area contributed by atoms with Gasteiger partial charge in [0.05, 0.1) is 12.2 Å². The maximum absolute atomic E-state index is 13.6.